The maximum atomic E-state index is 5.69. The number of hydrogen-bond acceptors (Lipinski definition) is 1. The first kappa shape index (κ1) is 16.0. The van der Waals surface area contributed by atoms with Crippen molar-refractivity contribution in [1.82, 2.24) is 0 Å². The van der Waals surface area contributed by atoms with Crippen LogP contribution >= 0.6 is 0 Å². The maximum absolute atomic E-state index is 5.69. The Morgan fingerprint density at radius 1 is 1.06 bits per heavy atom. The molecule has 0 radical (unpaired) electrons. The van der Waals surface area contributed by atoms with Crippen LogP contribution in [0.3, 0.4) is 0 Å². The molecular weight excluding hydrogens is 220 g/mol. The van der Waals surface area contributed by atoms with Crippen molar-refractivity contribution < 1.29 is 4.74 Å². The average Bonchev–Trinajstić information content (AvgIpc) is 2.27. The van der Waals surface area contributed by atoms with Gasteiger partial charge in [0.2, 0.25) is 0 Å². The lowest BCUT2D eigenvalue weighted by Gasteiger charge is -2.49. The number of rotatable bonds is 3. The summed E-state index contributed by atoms with van der Waals surface area (Å²) >= 11 is 0. The van der Waals surface area contributed by atoms with Gasteiger partial charge >= 0.3 is 0 Å². The lowest BCUT2D eigenvalue weighted by atomic mass is 9.57. The molecule has 1 aliphatic rings. The van der Waals surface area contributed by atoms with E-state index in [2.05, 4.69) is 48.5 Å². The average molecular weight is 254 g/mol. The Labute approximate surface area is 115 Å². The molecule has 0 aromatic heterocycles. The minimum Gasteiger partial charge on any atom is -0.381 e. The van der Waals surface area contributed by atoms with Gasteiger partial charge in [-0.3, -0.25) is 0 Å². The van der Waals surface area contributed by atoms with E-state index in [1.54, 1.807) is 0 Å². The zero-order valence-corrected chi connectivity index (χ0v) is 13.8. The summed E-state index contributed by atoms with van der Waals surface area (Å²) in [6.07, 6.45) is 4.40. The van der Waals surface area contributed by atoms with E-state index in [9.17, 15) is 0 Å². The second kappa shape index (κ2) is 5.53. The molecule has 4 atom stereocenters. The Hall–Kier alpha value is -0.0400. The zero-order valence-electron chi connectivity index (χ0n) is 13.8. The van der Waals surface area contributed by atoms with Gasteiger partial charge in [-0.15, -0.1) is 0 Å². The third kappa shape index (κ3) is 3.29. The predicted molar refractivity (Wildman–Crippen MR) is 79.7 cm³/mol. The fourth-order valence-corrected chi connectivity index (χ4v) is 3.75. The van der Waals surface area contributed by atoms with Crippen LogP contribution in [0.5, 0.6) is 0 Å². The molecule has 0 aromatic rings. The molecule has 0 aliphatic heterocycles. The molecule has 4 unspecified atom stereocenters. The van der Waals surface area contributed by atoms with Crippen LogP contribution in [0.2, 0.25) is 0 Å². The van der Waals surface area contributed by atoms with Gasteiger partial charge in [-0.2, -0.15) is 0 Å². The van der Waals surface area contributed by atoms with Crippen LogP contribution in [0.4, 0.5) is 0 Å². The topological polar surface area (TPSA) is 9.23 Å². The van der Waals surface area contributed by atoms with Crippen molar-refractivity contribution >= 4 is 0 Å². The van der Waals surface area contributed by atoms with Gasteiger partial charge in [-0.05, 0) is 47.8 Å². The van der Waals surface area contributed by atoms with E-state index in [4.69, 9.17) is 4.74 Å². The molecule has 0 saturated heterocycles. The number of methoxy groups -OCH3 is 1. The van der Waals surface area contributed by atoms with Crippen LogP contribution in [0.15, 0.2) is 0 Å². The minimum atomic E-state index is 0.384. The van der Waals surface area contributed by atoms with Gasteiger partial charge in [0.05, 0.1) is 6.10 Å². The van der Waals surface area contributed by atoms with E-state index in [0.717, 1.165) is 17.8 Å². The zero-order chi connectivity index (χ0) is 14.1. The summed E-state index contributed by atoms with van der Waals surface area (Å²) in [4.78, 5) is 0. The molecule has 0 N–H and O–H groups in total. The van der Waals surface area contributed by atoms with Crippen LogP contribution in [0.25, 0.3) is 0 Å². The molecule has 0 aromatic carbocycles. The third-order valence-electron chi connectivity index (χ3n) is 5.89. The molecular formula is C17H34O. The first-order valence-electron chi connectivity index (χ1n) is 7.63. The van der Waals surface area contributed by atoms with Crippen molar-refractivity contribution in [2.75, 3.05) is 7.11 Å². The van der Waals surface area contributed by atoms with Crippen LogP contribution in [-0.2, 0) is 4.74 Å². The first-order chi connectivity index (χ1) is 8.10. The lowest BCUT2D eigenvalue weighted by Crippen LogP contribution is -2.42. The second-order valence-corrected chi connectivity index (χ2v) is 8.17. The Balaban J connectivity index is 2.79. The van der Waals surface area contributed by atoms with Gasteiger partial charge in [0.1, 0.15) is 0 Å². The highest BCUT2D eigenvalue weighted by Gasteiger charge is 2.43. The maximum Gasteiger partial charge on any atom is 0.0599 e. The van der Waals surface area contributed by atoms with Gasteiger partial charge in [-0.1, -0.05) is 48.5 Å². The monoisotopic (exact) mass is 254 g/mol. The molecule has 0 amide bonds. The SMILES string of the molecule is COC1CC(C(C)(C)C(C)C(C)(C)C)CCC1C. The molecule has 108 valence electrons. The van der Waals surface area contributed by atoms with Crippen molar-refractivity contribution in [3.63, 3.8) is 0 Å². The van der Waals surface area contributed by atoms with E-state index >= 15 is 0 Å². The van der Waals surface area contributed by atoms with Crippen molar-refractivity contribution in [2.45, 2.75) is 73.8 Å². The predicted octanol–water partition coefficient (Wildman–Crippen LogP) is 5.15. The van der Waals surface area contributed by atoms with Crippen LogP contribution in [0, 0.1) is 28.6 Å². The normalized spacial score (nSPS) is 32.3. The quantitative estimate of drug-likeness (QED) is 0.677. The lowest BCUT2D eigenvalue weighted by molar-refractivity contribution is -0.0447. The van der Waals surface area contributed by atoms with E-state index in [-0.39, 0.29) is 0 Å². The van der Waals surface area contributed by atoms with E-state index in [0.29, 0.717) is 16.9 Å². The Kier molecular flexibility index (Phi) is 4.92. The van der Waals surface area contributed by atoms with Gasteiger partial charge in [0.15, 0.2) is 0 Å². The van der Waals surface area contributed by atoms with Crippen molar-refractivity contribution in [3.05, 3.63) is 0 Å². The number of ether oxygens (including phenoxy) is 1. The summed E-state index contributed by atoms with van der Waals surface area (Å²) in [6, 6.07) is 0. The highest BCUT2D eigenvalue weighted by Crippen LogP contribution is 2.50. The van der Waals surface area contributed by atoms with Gasteiger partial charge in [0.25, 0.3) is 0 Å². The smallest absolute Gasteiger partial charge is 0.0599 e. The summed E-state index contributed by atoms with van der Waals surface area (Å²) < 4.78 is 5.69. The fourth-order valence-electron chi connectivity index (χ4n) is 3.75. The van der Waals surface area contributed by atoms with Gasteiger partial charge < -0.3 is 4.74 Å². The first-order valence-corrected chi connectivity index (χ1v) is 7.63. The van der Waals surface area contributed by atoms with Crippen molar-refractivity contribution in [1.29, 1.82) is 0 Å². The molecule has 0 heterocycles. The summed E-state index contributed by atoms with van der Waals surface area (Å²) in [7, 11) is 1.88. The summed E-state index contributed by atoms with van der Waals surface area (Å²) in [5, 5.41) is 0. The third-order valence-corrected chi connectivity index (χ3v) is 5.89. The molecule has 1 nitrogen and oxygen atoms in total. The Morgan fingerprint density at radius 3 is 2.06 bits per heavy atom. The molecule has 1 heteroatoms. The van der Waals surface area contributed by atoms with Crippen molar-refractivity contribution in [3.8, 4) is 0 Å². The molecule has 18 heavy (non-hydrogen) atoms. The molecule has 1 saturated carbocycles. The van der Waals surface area contributed by atoms with Crippen molar-refractivity contribution in [2.24, 2.45) is 28.6 Å². The second-order valence-electron chi connectivity index (χ2n) is 8.17. The highest BCUT2D eigenvalue weighted by atomic mass is 16.5. The van der Waals surface area contributed by atoms with Crippen LogP contribution in [0.1, 0.15) is 67.7 Å². The molecule has 1 fully saturated rings. The van der Waals surface area contributed by atoms with E-state index < -0.39 is 0 Å². The summed E-state index contributed by atoms with van der Waals surface area (Å²) in [5.41, 5.74) is 0.782. The Bertz CT molecular complexity index is 261. The van der Waals surface area contributed by atoms with E-state index in [1.165, 1.54) is 19.3 Å². The standard InChI is InChI=1S/C17H34O/c1-12-9-10-14(11-15(12)18-8)17(6,7)13(2)16(3,4)5/h12-15H,9-11H2,1-8H3. The largest absolute Gasteiger partial charge is 0.381 e. The van der Waals surface area contributed by atoms with Crippen LogP contribution in [-0.4, -0.2) is 13.2 Å². The molecule has 0 bridgehead atoms. The Morgan fingerprint density at radius 2 is 1.61 bits per heavy atom. The summed E-state index contributed by atoms with van der Waals surface area (Å²) in [5.74, 6) is 2.25. The highest BCUT2D eigenvalue weighted by molar-refractivity contribution is 4.92. The molecule has 1 rings (SSSR count). The van der Waals surface area contributed by atoms with E-state index in [1.807, 2.05) is 7.11 Å². The van der Waals surface area contributed by atoms with Gasteiger partial charge in [0, 0.05) is 7.11 Å². The number of hydrogen-bond donors (Lipinski definition) is 0. The van der Waals surface area contributed by atoms with Crippen LogP contribution < -0.4 is 0 Å². The van der Waals surface area contributed by atoms with Gasteiger partial charge in [-0.25, -0.2) is 0 Å². The molecule has 1 aliphatic carbocycles. The molecule has 0 spiro atoms. The minimum absolute atomic E-state index is 0.384. The summed E-state index contributed by atoms with van der Waals surface area (Å²) in [6.45, 7) is 16.8. The fraction of sp³-hybridized carbons (Fsp3) is 1.00.